The number of fused-ring (bicyclic) bond motifs is 1. The number of hydrogen-bond donors (Lipinski definition) is 2. The number of halogens is 2. The minimum atomic E-state index is -2.32. The van der Waals surface area contributed by atoms with Crippen molar-refractivity contribution >= 4 is 0 Å². The Labute approximate surface area is 112 Å². The van der Waals surface area contributed by atoms with Crippen molar-refractivity contribution in [2.24, 2.45) is 0 Å². The van der Waals surface area contributed by atoms with Gasteiger partial charge in [0.25, 0.3) is 6.43 Å². The first-order valence-electron chi connectivity index (χ1n) is 6.78. The van der Waals surface area contributed by atoms with E-state index in [1.165, 1.54) is 5.56 Å². The lowest BCUT2D eigenvalue weighted by atomic mass is 9.95. The molecule has 0 aromatic heterocycles. The summed E-state index contributed by atoms with van der Waals surface area (Å²) in [6.07, 6.45) is -1.00. The van der Waals surface area contributed by atoms with E-state index in [1.807, 2.05) is 31.2 Å². The lowest BCUT2D eigenvalue weighted by Gasteiger charge is -2.41. The summed E-state index contributed by atoms with van der Waals surface area (Å²) in [5, 5.41) is 5.17. The highest BCUT2D eigenvalue weighted by molar-refractivity contribution is 5.25. The van der Waals surface area contributed by atoms with Crippen molar-refractivity contribution in [1.29, 1.82) is 0 Å². The van der Waals surface area contributed by atoms with E-state index in [4.69, 9.17) is 0 Å². The van der Waals surface area contributed by atoms with Crippen molar-refractivity contribution in [3.63, 3.8) is 0 Å². The van der Waals surface area contributed by atoms with E-state index in [0.29, 0.717) is 6.42 Å². The quantitative estimate of drug-likeness (QED) is 0.860. The first kappa shape index (κ1) is 13.0. The van der Waals surface area contributed by atoms with Crippen LogP contribution in [-0.2, 0) is 0 Å². The molecule has 3 atom stereocenters. The van der Waals surface area contributed by atoms with Crippen LogP contribution in [0.3, 0.4) is 0 Å². The Morgan fingerprint density at radius 1 is 1.26 bits per heavy atom. The molecule has 0 radical (unpaired) electrons. The summed E-state index contributed by atoms with van der Waals surface area (Å²) >= 11 is 0. The van der Waals surface area contributed by atoms with Gasteiger partial charge in [0.05, 0.1) is 12.2 Å². The lowest BCUT2D eigenvalue weighted by molar-refractivity contribution is -0.0478. The van der Waals surface area contributed by atoms with E-state index < -0.39 is 12.5 Å². The number of benzene rings is 1. The minimum absolute atomic E-state index is 0.0130. The molecule has 1 aromatic carbocycles. The zero-order valence-electron chi connectivity index (χ0n) is 10.9. The first-order valence-corrected chi connectivity index (χ1v) is 6.78. The molecule has 2 heterocycles. The van der Waals surface area contributed by atoms with E-state index in [0.717, 1.165) is 18.5 Å². The Balaban J connectivity index is 1.81. The Morgan fingerprint density at radius 3 is 2.68 bits per heavy atom. The van der Waals surface area contributed by atoms with Gasteiger partial charge in [-0.25, -0.2) is 13.8 Å². The maximum atomic E-state index is 13.2. The second kappa shape index (κ2) is 5.15. The Hall–Kier alpha value is -1.04. The van der Waals surface area contributed by atoms with Crippen LogP contribution in [0.15, 0.2) is 24.3 Å². The molecule has 19 heavy (non-hydrogen) atoms. The van der Waals surface area contributed by atoms with Gasteiger partial charge in [-0.05, 0) is 25.3 Å². The fourth-order valence-electron chi connectivity index (χ4n) is 3.00. The summed E-state index contributed by atoms with van der Waals surface area (Å²) in [5.74, 6) is 0. The second-order valence-corrected chi connectivity index (χ2v) is 5.39. The number of nitrogens with one attached hydrogen (secondary N) is 2. The van der Waals surface area contributed by atoms with E-state index in [9.17, 15) is 8.78 Å². The van der Waals surface area contributed by atoms with Crippen molar-refractivity contribution in [2.75, 3.05) is 6.54 Å². The van der Waals surface area contributed by atoms with E-state index >= 15 is 0 Å². The van der Waals surface area contributed by atoms with Gasteiger partial charge in [-0.15, -0.1) is 0 Å². The van der Waals surface area contributed by atoms with Crippen LogP contribution in [0, 0.1) is 6.92 Å². The van der Waals surface area contributed by atoms with Crippen LogP contribution >= 0.6 is 0 Å². The van der Waals surface area contributed by atoms with Crippen molar-refractivity contribution in [2.45, 2.75) is 44.4 Å². The maximum absolute atomic E-state index is 13.2. The molecule has 3 unspecified atom stereocenters. The topological polar surface area (TPSA) is 27.3 Å². The van der Waals surface area contributed by atoms with Crippen molar-refractivity contribution in [3.05, 3.63) is 35.4 Å². The van der Waals surface area contributed by atoms with Gasteiger partial charge in [0, 0.05) is 12.6 Å². The molecule has 0 amide bonds. The Kier molecular flexibility index (Phi) is 3.52. The minimum Gasteiger partial charge on any atom is -0.294 e. The summed E-state index contributed by atoms with van der Waals surface area (Å²) < 4.78 is 26.4. The molecule has 2 saturated heterocycles. The van der Waals surface area contributed by atoms with Crippen LogP contribution in [0.1, 0.15) is 30.0 Å². The zero-order chi connectivity index (χ0) is 13.4. The van der Waals surface area contributed by atoms with Gasteiger partial charge < -0.3 is 0 Å². The molecule has 5 heteroatoms. The Morgan fingerprint density at radius 2 is 2.00 bits per heavy atom. The first-order chi connectivity index (χ1) is 9.15. The van der Waals surface area contributed by atoms with Crippen LogP contribution in [0.2, 0.25) is 0 Å². The van der Waals surface area contributed by atoms with Crippen molar-refractivity contribution in [1.82, 2.24) is 15.8 Å². The molecule has 3 rings (SSSR count). The Bertz CT molecular complexity index is 435. The molecule has 2 aliphatic heterocycles. The monoisotopic (exact) mass is 267 g/mol. The molecule has 104 valence electrons. The summed E-state index contributed by atoms with van der Waals surface area (Å²) in [4.78, 5) is 0. The van der Waals surface area contributed by atoms with E-state index in [-0.39, 0.29) is 12.2 Å². The number of hydrogen-bond acceptors (Lipinski definition) is 3. The molecule has 2 N–H and O–H groups in total. The lowest BCUT2D eigenvalue weighted by Crippen LogP contribution is -2.59. The molecule has 2 aliphatic rings. The second-order valence-electron chi connectivity index (χ2n) is 5.39. The molecule has 0 bridgehead atoms. The standard InChI is InChI=1S/C14H19F2N3/c1-9-2-4-10(5-3-9)11-8-12(14(15)16)19-13(18-11)6-7-17-19/h2-5,11-14,17-18H,6-8H2,1H3. The molecule has 0 aliphatic carbocycles. The van der Waals surface area contributed by atoms with E-state index in [2.05, 4.69) is 10.7 Å². The number of nitrogens with zero attached hydrogens (tertiary/aromatic N) is 1. The van der Waals surface area contributed by atoms with Crippen LogP contribution in [0.4, 0.5) is 8.78 Å². The highest BCUT2D eigenvalue weighted by atomic mass is 19.3. The zero-order valence-corrected chi connectivity index (χ0v) is 10.9. The van der Waals surface area contributed by atoms with Gasteiger partial charge in [-0.2, -0.15) is 0 Å². The highest BCUT2D eigenvalue weighted by Crippen LogP contribution is 2.32. The predicted molar refractivity (Wildman–Crippen MR) is 69.7 cm³/mol. The fraction of sp³-hybridized carbons (Fsp3) is 0.571. The van der Waals surface area contributed by atoms with Crippen LogP contribution in [-0.4, -0.2) is 30.2 Å². The average Bonchev–Trinajstić information content (AvgIpc) is 2.86. The highest BCUT2D eigenvalue weighted by Gasteiger charge is 2.42. The summed E-state index contributed by atoms with van der Waals surface area (Å²) in [5.41, 5.74) is 5.35. The van der Waals surface area contributed by atoms with Crippen molar-refractivity contribution in [3.8, 4) is 0 Å². The van der Waals surface area contributed by atoms with Crippen LogP contribution < -0.4 is 10.7 Å². The molecule has 0 spiro atoms. The fourth-order valence-corrected chi connectivity index (χ4v) is 3.00. The van der Waals surface area contributed by atoms with Crippen LogP contribution in [0.5, 0.6) is 0 Å². The molecular formula is C14H19F2N3. The number of aryl methyl sites for hydroxylation is 1. The van der Waals surface area contributed by atoms with Gasteiger partial charge in [-0.3, -0.25) is 10.7 Å². The smallest absolute Gasteiger partial charge is 0.255 e. The normalized spacial score (nSPS) is 31.7. The van der Waals surface area contributed by atoms with Gasteiger partial charge in [-0.1, -0.05) is 29.8 Å². The third-order valence-corrected chi connectivity index (χ3v) is 4.05. The summed E-state index contributed by atoms with van der Waals surface area (Å²) in [6, 6.07) is 7.45. The molecule has 0 saturated carbocycles. The van der Waals surface area contributed by atoms with Gasteiger partial charge in [0.15, 0.2) is 0 Å². The largest absolute Gasteiger partial charge is 0.294 e. The van der Waals surface area contributed by atoms with Gasteiger partial charge in [0.2, 0.25) is 0 Å². The third-order valence-electron chi connectivity index (χ3n) is 4.05. The van der Waals surface area contributed by atoms with Crippen molar-refractivity contribution < 1.29 is 8.78 Å². The average molecular weight is 267 g/mol. The van der Waals surface area contributed by atoms with E-state index in [1.54, 1.807) is 5.01 Å². The summed E-state index contributed by atoms with van der Waals surface area (Å²) in [6.45, 7) is 2.80. The number of hydrazine groups is 1. The SMILES string of the molecule is Cc1ccc(C2CC(C(F)F)N3NCCC3N2)cc1. The summed E-state index contributed by atoms with van der Waals surface area (Å²) in [7, 11) is 0. The molecule has 1 aromatic rings. The third kappa shape index (κ3) is 2.50. The number of rotatable bonds is 2. The molecule has 2 fully saturated rings. The number of alkyl halides is 2. The van der Waals surface area contributed by atoms with Gasteiger partial charge in [0.1, 0.15) is 0 Å². The van der Waals surface area contributed by atoms with Gasteiger partial charge >= 0.3 is 0 Å². The molecular weight excluding hydrogens is 248 g/mol. The maximum Gasteiger partial charge on any atom is 0.255 e. The predicted octanol–water partition coefficient (Wildman–Crippen LogP) is 2.20. The van der Waals surface area contributed by atoms with Crippen LogP contribution in [0.25, 0.3) is 0 Å². The molecule has 3 nitrogen and oxygen atoms in total.